The van der Waals surface area contributed by atoms with Gasteiger partial charge in [0.1, 0.15) is 5.56 Å². The highest BCUT2D eigenvalue weighted by molar-refractivity contribution is 7.09. The van der Waals surface area contributed by atoms with Gasteiger partial charge in [0.25, 0.3) is 5.91 Å². The fraction of sp³-hybridized carbons (Fsp3) is 0.200. The van der Waals surface area contributed by atoms with E-state index < -0.39 is 0 Å². The number of ether oxygens (including phenoxy) is 1. The van der Waals surface area contributed by atoms with Gasteiger partial charge in [0.2, 0.25) is 0 Å². The molecule has 1 N–H and O–H groups in total. The molecule has 7 heteroatoms. The van der Waals surface area contributed by atoms with Crippen LogP contribution in [0.25, 0.3) is 11.3 Å². The second-order valence-electron chi connectivity index (χ2n) is 5.89. The number of benzene rings is 2. The number of hydrogen-bond donors (Lipinski definition) is 1. The average Bonchev–Trinajstić information content (AvgIpc) is 3.10. The Morgan fingerprint density at radius 3 is 2.48 bits per heavy atom. The standard InChI is InChI=1S/C20H18Cl2N2O2S/c1-12-24-17(11-27-12)14-5-3-13(4-6-14)9-10-23-20(25)18-15(21)7-8-16(22)19(18)26-2/h3-8,11H,9-10H2,1-2H3,(H,23,25). The van der Waals surface area contributed by atoms with Gasteiger partial charge in [-0.05, 0) is 31.0 Å². The van der Waals surface area contributed by atoms with Crippen molar-refractivity contribution in [3.8, 4) is 17.0 Å². The van der Waals surface area contributed by atoms with Crippen LogP contribution in [0.4, 0.5) is 0 Å². The number of aromatic nitrogens is 1. The number of aryl methyl sites for hydroxylation is 1. The van der Waals surface area contributed by atoms with E-state index in [9.17, 15) is 4.79 Å². The van der Waals surface area contributed by atoms with E-state index in [4.69, 9.17) is 27.9 Å². The van der Waals surface area contributed by atoms with Gasteiger partial charge in [0, 0.05) is 17.5 Å². The Labute approximate surface area is 172 Å². The minimum atomic E-state index is -0.311. The van der Waals surface area contributed by atoms with E-state index >= 15 is 0 Å². The zero-order valence-corrected chi connectivity index (χ0v) is 17.2. The quantitative estimate of drug-likeness (QED) is 0.579. The van der Waals surface area contributed by atoms with Crippen molar-refractivity contribution in [2.24, 2.45) is 0 Å². The predicted octanol–water partition coefficient (Wildman–Crippen LogP) is 5.41. The number of nitrogens with one attached hydrogen (secondary N) is 1. The first-order valence-corrected chi connectivity index (χ1v) is 9.94. The van der Waals surface area contributed by atoms with Gasteiger partial charge in [0.05, 0.1) is 27.9 Å². The number of carbonyl (C=O) groups is 1. The lowest BCUT2D eigenvalue weighted by Crippen LogP contribution is -2.26. The van der Waals surface area contributed by atoms with Gasteiger partial charge in [-0.25, -0.2) is 4.98 Å². The molecule has 0 aliphatic heterocycles. The predicted molar refractivity (Wildman–Crippen MR) is 111 cm³/mol. The maximum absolute atomic E-state index is 12.5. The van der Waals surface area contributed by atoms with E-state index in [1.54, 1.807) is 23.5 Å². The zero-order chi connectivity index (χ0) is 19.4. The number of hydrogen-bond acceptors (Lipinski definition) is 4. The SMILES string of the molecule is COc1c(Cl)ccc(Cl)c1C(=O)NCCc1ccc(-c2csc(C)n2)cc1. The summed E-state index contributed by atoms with van der Waals surface area (Å²) in [4.78, 5) is 17.0. The van der Waals surface area contributed by atoms with Gasteiger partial charge in [-0.3, -0.25) is 4.79 Å². The highest BCUT2D eigenvalue weighted by Crippen LogP contribution is 2.33. The van der Waals surface area contributed by atoms with E-state index in [1.807, 2.05) is 36.6 Å². The summed E-state index contributed by atoms with van der Waals surface area (Å²) in [6, 6.07) is 11.4. The smallest absolute Gasteiger partial charge is 0.256 e. The molecule has 0 bridgehead atoms. The summed E-state index contributed by atoms with van der Waals surface area (Å²) in [6.45, 7) is 2.46. The number of thiazole rings is 1. The maximum atomic E-state index is 12.5. The van der Waals surface area contributed by atoms with E-state index in [1.165, 1.54) is 7.11 Å². The molecule has 0 aliphatic carbocycles. The van der Waals surface area contributed by atoms with Crippen molar-refractivity contribution in [1.29, 1.82) is 0 Å². The van der Waals surface area contributed by atoms with Crippen molar-refractivity contribution in [2.75, 3.05) is 13.7 Å². The van der Waals surface area contributed by atoms with Crippen LogP contribution in [-0.4, -0.2) is 24.5 Å². The fourth-order valence-corrected chi connectivity index (χ4v) is 3.78. The third kappa shape index (κ3) is 4.61. The van der Waals surface area contributed by atoms with Crippen molar-refractivity contribution >= 4 is 40.4 Å². The van der Waals surface area contributed by atoms with E-state index in [2.05, 4.69) is 10.3 Å². The summed E-state index contributed by atoms with van der Waals surface area (Å²) in [5.74, 6) is -0.0292. The monoisotopic (exact) mass is 420 g/mol. The van der Waals surface area contributed by atoms with Crippen LogP contribution in [-0.2, 0) is 6.42 Å². The lowest BCUT2D eigenvalue weighted by molar-refractivity contribution is 0.0951. The molecule has 0 fully saturated rings. The molecule has 3 aromatic rings. The third-order valence-electron chi connectivity index (χ3n) is 4.06. The molecule has 0 saturated carbocycles. The van der Waals surface area contributed by atoms with Gasteiger partial charge >= 0.3 is 0 Å². The molecule has 0 saturated heterocycles. The third-order valence-corrected chi connectivity index (χ3v) is 5.44. The normalized spacial score (nSPS) is 10.7. The molecule has 4 nitrogen and oxygen atoms in total. The molecule has 1 amide bonds. The summed E-state index contributed by atoms with van der Waals surface area (Å²) >= 11 is 13.9. The molecule has 0 atom stereocenters. The Kier molecular flexibility index (Phi) is 6.37. The zero-order valence-electron chi connectivity index (χ0n) is 14.9. The number of nitrogens with zero attached hydrogens (tertiary/aromatic N) is 1. The lowest BCUT2D eigenvalue weighted by Gasteiger charge is -2.12. The van der Waals surface area contributed by atoms with Crippen LogP contribution in [0.15, 0.2) is 41.8 Å². The molecule has 0 unspecified atom stereocenters. The molecule has 1 heterocycles. The summed E-state index contributed by atoms with van der Waals surface area (Å²) < 4.78 is 5.22. The highest BCUT2D eigenvalue weighted by Gasteiger charge is 2.19. The Hall–Kier alpha value is -2.08. The summed E-state index contributed by atoms with van der Waals surface area (Å²) in [6.07, 6.45) is 0.697. The van der Waals surface area contributed by atoms with Crippen LogP contribution in [0.1, 0.15) is 20.9 Å². The van der Waals surface area contributed by atoms with Crippen LogP contribution < -0.4 is 10.1 Å². The summed E-state index contributed by atoms with van der Waals surface area (Å²) in [7, 11) is 1.46. The number of amides is 1. The molecule has 3 rings (SSSR count). The topological polar surface area (TPSA) is 51.2 Å². The number of halogens is 2. The summed E-state index contributed by atoms with van der Waals surface area (Å²) in [5, 5.41) is 6.61. The van der Waals surface area contributed by atoms with Crippen molar-refractivity contribution in [1.82, 2.24) is 10.3 Å². The number of rotatable bonds is 6. The van der Waals surface area contributed by atoms with Crippen molar-refractivity contribution in [3.63, 3.8) is 0 Å². The highest BCUT2D eigenvalue weighted by atomic mass is 35.5. The number of carbonyl (C=O) groups excluding carboxylic acids is 1. The van der Waals surface area contributed by atoms with Crippen LogP contribution in [0.2, 0.25) is 10.0 Å². The minimum absolute atomic E-state index is 0.251. The Bertz CT molecular complexity index is 955. The maximum Gasteiger partial charge on any atom is 0.256 e. The van der Waals surface area contributed by atoms with E-state index in [0.29, 0.717) is 23.0 Å². The van der Waals surface area contributed by atoms with Gasteiger partial charge in [0.15, 0.2) is 5.75 Å². The van der Waals surface area contributed by atoms with Crippen LogP contribution in [0, 0.1) is 6.92 Å². The van der Waals surface area contributed by atoms with Gasteiger partial charge in [-0.15, -0.1) is 11.3 Å². The van der Waals surface area contributed by atoms with Crippen LogP contribution in [0.3, 0.4) is 0 Å². The van der Waals surface area contributed by atoms with Crippen LogP contribution in [0.5, 0.6) is 5.75 Å². The number of methoxy groups -OCH3 is 1. The van der Waals surface area contributed by atoms with Crippen LogP contribution >= 0.6 is 34.5 Å². The molecule has 0 aliphatic rings. The molecular weight excluding hydrogens is 403 g/mol. The summed E-state index contributed by atoms with van der Waals surface area (Å²) in [5.41, 5.74) is 3.44. The average molecular weight is 421 g/mol. The minimum Gasteiger partial charge on any atom is -0.494 e. The van der Waals surface area contributed by atoms with E-state index in [-0.39, 0.29) is 17.2 Å². The van der Waals surface area contributed by atoms with Crippen molar-refractivity contribution < 1.29 is 9.53 Å². The second-order valence-corrected chi connectivity index (χ2v) is 7.77. The Morgan fingerprint density at radius 1 is 1.15 bits per heavy atom. The lowest BCUT2D eigenvalue weighted by atomic mass is 10.1. The van der Waals surface area contributed by atoms with Gasteiger partial charge in [-0.2, -0.15) is 0 Å². The largest absolute Gasteiger partial charge is 0.494 e. The first kappa shape index (κ1) is 19.7. The molecule has 0 spiro atoms. The Balaban J connectivity index is 1.62. The van der Waals surface area contributed by atoms with Crippen molar-refractivity contribution in [2.45, 2.75) is 13.3 Å². The van der Waals surface area contributed by atoms with Crippen molar-refractivity contribution in [3.05, 3.63) is 68.0 Å². The molecule has 27 heavy (non-hydrogen) atoms. The first-order chi connectivity index (χ1) is 13.0. The van der Waals surface area contributed by atoms with E-state index in [0.717, 1.165) is 21.8 Å². The molecule has 0 radical (unpaired) electrons. The second kappa shape index (κ2) is 8.74. The fourth-order valence-electron chi connectivity index (χ4n) is 2.69. The molecular formula is C20H18Cl2N2O2S. The molecule has 2 aromatic carbocycles. The first-order valence-electron chi connectivity index (χ1n) is 8.31. The molecule has 1 aromatic heterocycles. The molecule has 140 valence electrons. The van der Waals surface area contributed by atoms with Gasteiger partial charge < -0.3 is 10.1 Å². The van der Waals surface area contributed by atoms with Gasteiger partial charge in [-0.1, -0.05) is 47.5 Å². The Morgan fingerprint density at radius 2 is 1.85 bits per heavy atom.